The molecular formula is C12H19NO3. The van der Waals surface area contributed by atoms with E-state index in [0.717, 1.165) is 12.8 Å². The second-order valence-electron chi connectivity index (χ2n) is 5.67. The van der Waals surface area contributed by atoms with Crippen LogP contribution in [0.5, 0.6) is 0 Å². The van der Waals surface area contributed by atoms with E-state index in [1.807, 2.05) is 20.8 Å². The van der Waals surface area contributed by atoms with Gasteiger partial charge >= 0.3 is 6.09 Å². The van der Waals surface area contributed by atoms with Gasteiger partial charge in [0, 0.05) is 13.0 Å². The Morgan fingerprint density at radius 3 is 2.69 bits per heavy atom. The number of ether oxygens (including phenoxy) is 1. The Morgan fingerprint density at radius 2 is 2.06 bits per heavy atom. The second kappa shape index (κ2) is 3.75. The molecule has 0 spiro atoms. The zero-order chi connectivity index (χ0) is 11.9. The van der Waals surface area contributed by atoms with Crippen LogP contribution in [0.25, 0.3) is 0 Å². The van der Waals surface area contributed by atoms with E-state index in [4.69, 9.17) is 4.74 Å². The topological polar surface area (TPSA) is 46.6 Å². The van der Waals surface area contributed by atoms with Crippen molar-refractivity contribution >= 4 is 11.9 Å². The predicted octanol–water partition coefficient (Wildman–Crippen LogP) is 1.97. The van der Waals surface area contributed by atoms with Crippen molar-refractivity contribution in [3.8, 4) is 0 Å². The van der Waals surface area contributed by atoms with Crippen molar-refractivity contribution in [2.75, 3.05) is 6.54 Å². The van der Waals surface area contributed by atoms with Crippen molar-refractivity contribution in [2.24, 2.45) is 5.92 Å². The third-order valence-corrected chi connectivity index (χ3v) is 3.24. The molecule has 0 radical (unpaired) electrons. The molecule has 0 N–H and O–H groups in total. The van der Waals surface area contributed by atoms with Gasteiger partial charge < -0.3 is 4.74 Å². The summed E-state index contributed by atoms with van der Waals surface area (Å²) in [7, 11) is 0. The number of carbonyl (C=O) groups is 2. The zero-order valence-corrected chi connectivity index (χ0v) is 10.2. The average molecular weight is 225 g/mol. The summed E-state index contributed by atoms with van der Waals surface area (Å²) in [6.07, 6.45) is 2.16. The Kier molecular flexibility index (Phi) is 2.68. The third-order valence-electron chi connectivity index (χ3n) is 3.24. The fourth-order valence-corrected chi connectivity index (χ4v) is 2.60. The number of carbonyl (C=O) groups excluding carboxylic acids is 2. The van der Waals surface area contributed by atoms with Crippen molar-refractivity contribution < 1.29 is 14.3 Å². The van der Waals surface area contributed by atoms with Gasteiger partial charge in [-0.1, -0.05) is 0 Å². The maximum atomic E-state index is 11.9. The molecule has 0 unspecified atom stereocenters. The van der Waals surface area contributed by atoms with E-state index in [1.54, 1.807) is 4.90 Å². The summed E-state index contributed by atoms with van der Waals surface area (Å²) in [5.74, 6) is 0.577. The lowest BCUT2D eigenvalue weighted by Gasteiger charge is -2.27. The number of ketones is 1. The smallest absolute Gasteiger partial charge is 0.410 e. The van der Waals surface area contributed by atoms with Gasteiger partial charge in [-0.2, -0.15) is 0 Å². The van der Waals surface area contributed by atoms with Gasteiger partial charge in [0.15, 0.2) is 5.78 Å². The Labute approximate surface area is 95.9 Å². The molecule has 2 aliphatic rings. The summed E-state index contributed by atoms with van der Waals surface area (Å²) in [6.45, 7) is 6.19. The molecule has 0 aromatic rings. The number of likely N-dealkylation sites (tertiary alicyclic amines) is 1. The first kappa shape index (κ1) is 11.4. The summed E-state index contributed by atoms with van der Waals surface area (Å²) >= 11 is 0. The molecule has 1 heterocycles. The fraction of sp³-hybridized carbons (Fsp3) is 0.833. The van der Waals surface area contributed by atoms with Crippen LogP contribution in [0.1, 0.15) is 40.0 Å². The van der Waals surface area contributed by atoms with Crippen LogP contribution < -0.4 is 0 Å². The van der Waals surface area contributed by atoms with Gasteiger partial charge in [-0.15, -0.1) is 0 Å². The minimum atomic E-state index is -0.489. The van der Waals surface area contributed by atoms with Gasteiger partial charge in [0.1, 0.15) is 5.60 Å². The fourth-order valence-electron chi connectivity index (χ4n) is 2.60. The number of amides is 1. The normalized spacial score (nSPS) is 29.4. The highest BCUT2D eigenvalue weighted by molar-refractivity contribution is 5.90. The third kappa shape index (κ3) is 2.06. The van der Waals surface area contributed by atoms with Crippen LogP contribution in [0.4, 0.5) is 4.79 Å². The molecule has 1 aliphatic carbocycles. The van der Waals surface area contributed by atoms with E-state index >= 15 is 0 Å². The SMILES string of the molecule is CC(C)(C)OC(=O)N1CC[C@@H]2CCC(=O)[C@H]21. The first-order valence-electron chi connectivity index (χ1n) is 5.91. The van der Waals surface area contributed by atoms with Crippen LogP contribution in [0.15, 0.2) is 0 Å². The van der Waals surface area contributed by atoms with Gasteiger partial charge in [0.25, 0.3) is 0 Å². The maximum absolute atomic E-state index is 11.9. The molecular weight excluding hydrogens is 206 g/mol. The maximum Gasteiger partial charge on any atom is 0.410 e. The van der Waals surface area contributed by atoms with Crippen molar-refractivity contribution in [2.45, 2.75) is 51.7 Å². The van der Waals surface area contributed by atoms with Crippen molar-refractivity contribution in [3.05, 3.63) is 0 Å². The number of hydrogen-bond donors (Lipinski definition) is 0. The minimum absolute atomic E-state index is 0.199. The first-order valence-corrected chi connectivity index (χ1v) is 5.91. The number of rotatable bonds is 0. The first-order chi connectivity index (χ1) is 7.38. The zero-order valence-electron chi connectivity index (χ0n) is 10.2. The highest BCUT2D eigenvalue weighted by Gasteiger charge is 2.46. The lowest BCUT2D eigenvalue weighted by Crippen LogP contribution is -2.43. The van der Waals surface area contributed by atoms with E-state index in [0.29, 0.717) is 18.9 Å². The van der Waals surface area contributed by atoms with Crippen LogP contribution in [-0.2, 0) is 9.53 Å². The summed E-state index contributed by atoms with van der Waals surface area (Å²) in [5.41, 5.74) is -0.489. The highest BCUT2D eigenvalue weighted by atomic mass is 16.6. The minimum Gasteiger partial charge on any atom is -0.444 e. The number of Topliss-reactive ketones (excluding diaryl/α,β-unsaturated/α-hetero) is 1. The largest absolute Gasteiger partial charge is 0.444 e. The molecule has 0 bridgehead atoms. The van der Waals surface area contributed by atoms with Crippen LogP contribution >= 0.6 is 0 Å². The van der Waals surface area contributed by atoms with Gasteiger partial charge in [0.05, 0.1) is 6.04 Å². The van der Waals surface area contributed by atoms with Crippen LogP contribution in [-0.4, -0.2) is 35.0 Å². The predicted molar refractivity (Wildman–Crippen MR) is 59.1 cm³/mol. The average Bonchev–Trinajstić information content (AvgIpc) is 2.66. The number of hydrogen-bond acceptors (Lipinski definition) is 3. The van der Waals surface area contributed by atoms with Crippen LogP contribution in [0.2, 0.25) is 0 Å². The molecule has 2 atom stereocenters. The monoisotopic (exact) mass is 225 g/mol. The van der Waals surface area contributed by atoms with Gasteiger partial charge in [-0.3, -0.25) is 9.69 Å². The van der Waals surface area contributed by atoms with E-state index < -0.39 is 5.60 Å². The van der Waals surface area contributed by atoms with E-state index in [-0.39, 0.29) is 17.9 Å². The summed E-state index contributed by atoms with van der Waals surface area (Å²) in [6, 6.07) is -0.199. The van der Waals surface area contributed by atoms with E-state index in [9.17, 15) is 9.59 Å². The Morgan fingerprint density at radius 1 is 1.38 bits per heavy atom. The molecule has 4 nitrogen and oxygen atoms in total. The molecule has 1 aliphatic heterocycles. The lowest BCUT2D eigenvalue weighted by molar-refractivity contribution is -0.121. The molecule has 0 aromatic carbocycles. The van der Waals surface area contributed by atoms with Crippen molar-refractivity contribution in [1.82, 2.24) is 4.90 Å². The summed E-state index contributed by atoms with van der Waals surface area (Å²) in [5, 5.41) is 0. The summed E-state index contributed by atoms with van der Waals surface area (Å²) < 4.78 is 5.31. The Hall–Kier alpha value is -1.06. The molecule has 1 saturated heterocycles. The molecule has 2 rings (SSSR count). The van der Waals surface area contributed by atoms with Gasteiger partial charge in [-0.25, -0.2) is 4.79 Å². The number of fused-ring (bicyclic) bond motifs is 1. The molecule has 0 aromatic heterocycles. The van der Waals surface area contributed by atoms with Gasteiger partial charge in [-0.05, 0) is 39.5 Å². The molecule has 2 fully saturated rings. The second-order valence-corrected chi connectivity index (χ2v) is 5.67. The summed E-state index contributed by atoms with van der Waals surface area (Å²) in [4.78, 5) is 25.2. The van der Waals surface area contributed by atoms with Crippen molar-refractivity contribution in [1.29, 1.82) is 0 Å². The van der Waals surface area contributed by atoms with E-state index in [2.05, 4.69) is 0 Å². The number of nitrogens with zero attached hydrogens (tertiary/aromatic N) is 1. The lowest BCUT2D eigenvalue weighted by atomic mass is 10.0. The molecule has 1 saturated carbocycles. The molecule has 4 heteroatoms. The van der Waals surface area contributed by atoms with Crippen LogP contribution in [0, 0.1) is 5.92 Å². The highest BCUT2D eigenvalue weighted by Crippen LogP contribution is 2.36. The molecule has 1 amide bonds. The van der Waals surface area contributed by atoms with Gasteiger partial charge in [0.2, 0.25) is 0 Å². The van der Waals surface area contributed by atoms with Crippen molar-refractivity contribution in [3.63, 3.8) is 0 Å². The molecule has 16 heavy (non-hydrogen) atoms. The standard InChI is InChI=1S/C12H19NO3/c1-12(2,3)16-11(15)13-7-6-8-4-5-9(14)10(8)13/h8,10H,4-7H2,1-3H3/t8-,10-/m0/s1. The van der Waals surface area contributed by atoms with E-state index in [1.165, 1.54) is 0 Å². The Bertz CT molecular complexity index is 319. The quantitative estimate of drug-likeness (QED) is 0.633. The molecule has 90 valence electrons. The van der Waals surface area contributed by atoms with Crippen LogP contribution in [0.3, 0.4) is 0 Å². The Balaban J connectivity index is 2.05.